The van der Waals surface area contributed by atoms with E-state index < -0.39 is 34.0 Å². The lowest BCUT2D eigenvalue weighted by molar-refractivity contribution is 0.536. The van der Waals surface area contributed by atoms with Crippen LogP contribution in [0.3, 0.4) is 0 Å². The first kappa shape index (κ1) is 35.1. The molecule has 0 aromatic carbocycles. The fourth-order valence-corrected chi connectivity index (χ4v) is 17.1. The third kappa shape index (κ3) is 39.1. The van der Waals surface area contributed by atoms with Crippen LogP contribution in [0, 0.1) is 0 Å². The van der Waals surface area contributed by atoms with Crippen molar-refractivity contribution in [3.05, 3.63) is 12.7 Å². The Bertz CT molecular complexity index is 372. The number of unbranched alkanes of at least 4 members (excludes halogenated alkanes) is 7. The molecule has 0 radical (unpaired) electrons. The first-order valence-electron chi connectivity index (χ1n) is 12.6. The van der Waals surface area contributed by atoms with Crippen LogP contribution >= 0.6 is 0 Å². The molecule has 6 heteroatoms. The summed E-state index contributed by atoms with van der Waals surface area (Å²) in [5, 5.41) is 0. The minimum Gasteiger partial charge on any atom is -0.458 e. The van der Waals surface area contributed by atoms with Crippen molar-refractivity contribution in [3.63, 3.8) is 0 Å². The van der Waals surface area contributed by atoms with Crippen LogP contribution in [0.15, 0.2) is 12.7 Å². The summed E-state index contributed by atoms with van der Waals surface area (Å²) in [7, 11) is -4.55. The zero-order valence-corrected chi connectivity index (χ0v) is 27.4. The Morgan fingerprint density at radius 1 is 0.700 bits per heavy atom. The lowest BCUT2D eigenvalue weighted by Crippen LogP contribution is -2.42. The molecule has 30 heavy (non-hydrogen) atoms. The van der Waals surface area contributed by atoms with Gasteiger partial charge in [0.1, 0.15) is 0 Å². The fourth-order valence-electron chi connectivity index (χ4n) is 3.27. The standard InChI is InChI=1S/C13H32OSi2.C6H12.C5H16OSi2/c1-7-8-9-10-11-12-13-16(5,6)14-15(2,3)4;1-3-5-6-4-2;1-7(2)6-8(3,4)5/h7-13H2,1-6H3;3H,1,4-6H2,2H3;7H,1-5H3. The number of allylic oxidation sites excluding steroid dienone is 1. The Hall–Kier alpha value is 0.528. The maximum absolute atomic E-state index is 6.33. The predicted molar refractivity (Wildman–Crippen MR) is 153 cm³/mol. The number of rotatable bonds is 14. The van der Waals surface area contributed by atoms with E-state index in [0.717, 1.165) is 0 Å². The summed E-state index contributed by atoms with van der Waals surface area (Å²) < 4.78 is 12.0. The molecule has 0 unspecified atom stereocenters. The molecule has 0 amide bonds. The molecule has 0 rings (SSSR count). The minimum atomic E-state index is -1.35. The van der Waals surface area contributed by atoms with Gasteiger partial charge in [-0.05, 0) is 77.9 Å². The quantitative estimate of drug-likeness (QED) is 0.136. The van der Waals surface area contributed by atoms with E-state index in [1.807, 2.05) is 6.08 Å². The summed E-state index contributed by atoms with van der Waals surface area (Å²) in [5.74, 6) is 0. The van der Waals surface area contributed by atoms with E-state index in [1.54, 1.807) is 0 Å². The highest BCUT2D eigenvalue weighted by Crippen LogP contribution is 2.21. The Balaban J connectivity index is -0.000000431. The molecular weight excluding hydrogens is 433 g/mol. The molecule has 0 saturated carbocycles. The van der Waals surface area contributed by atoms with Gasteiger partial charge in [-0.2, -0.15) is 0 Å². The van der Waals surface area contributed by atoms with Crippen molar-refractivity contribution in [1.29, 1.82) is 0 Å². The largest absolute Gasteiger partial charge is 0.458 e. The average Bonchev–Trinajstić information content (AvgIpc) is 2.52. The first-order chi connectivity index (χ1) is 13.6. The lowest BCUT2D eigenvalue weighted by atomic mass is 10.1. The summed E-state index contributed by atoms with van der Waals surface area (Å²) in [6.45, 7) is 30.9. The summed E-state index contributed by atoms with van der Waals surface area (Å²) in [5.41, 5.74) is 0. The van der Waals surface area contributed by atoms with Gasteiger partial charge in [-0.25, -0.2) is 0 Å². The van der Waals surface area contributed by atoms with Gasteiger partial charge in [-0.15, -0.1) is 6.58 Å². The van der Waals surface area contributed by atoms with Crippen molar-refractivity contribution in [2.45, 2.75) is 143 Å². The molecule has 2 nitrogen and oxygen atoms in total. The monoisotopic (exact) mass is 492 g/mol. The first-order valence-corrected chi connectivity index (χ1v) is 25.3. The molecule has 0 atom stereocenters. The van der Waals surface area contributed by atoms with Gasteiger partial charge in [0.15, 0.2) is 34.0 Å². The van der Waals surface area contributed by atoms with Gasteiger partial charge in [-0.1, -0.05) is 71.3 Å². The van der Waals surface area contributed by atoms with E-state index in [-0.39, 0.29) is 0 Å². The Morgan fingerprint density at radius 2 is 1.17 bits per heavy atom. The molecule has 0 aliphatic carbocycles. The van der Waals surface area contributed by atoms with E-state index in [1.165, 1.54) is 63.8 Å². The predicted octanol–water partition coefficient (Wildman–Crippen LogP) is 9.59. The summed E-state index contributed by atoms with van der Waals surface area (Å²) in [6, 6.07) is 1.35. The van der Waals surface area contributed by atoms with E-state index in [4.69, 9.17) is 8.23 Å². The van der Waals surface area contributed by atoms with Gasteiger partial charge in [0.2, 0.25) is 0 Å². The van der Waals surface area contributed by atoms with Crippen LogP contribution in [0.2, 0.25) is 71.5 Å². The smallest absolute Gasteiger partial charge is 0.173 e. The van der Waals surface area contributed by atoms with E-state index in [2.05, 4.69) is 85.9 Å². The van der Waals surface area contributed by atoms with Crippen LogP contribution in [0.1, 0.15) is 71.6 Å². The highest BCUT2D eigenvalue weighted by molar-refractivity contribution is 6.84. The van der Waals surface area contributed by atoms with Gasteiger partial charge < -0.3 is 8.23 Å². The van der Waals surface area contributed by atoms with Crippen molar-refractivity contribution >= 4 is 34.0 Å². The topological polar surface area (TPSA) is 18.5 Å². The zero-order chi connectivity index (χ0) is 24.3. The van der Waals surface area contributed by atoms with Crippen LogP contribution in [0.5, 0.6) is 0 Å². The molecule has 0 saturated heterocycles. The van der Waals surface area contributed by atoms with Gasteiger partial charge in [0, 0.05) is 0 Å². The molecule has 0 N–H and O–H groups in total. The second-order valence-electron chi connectivity index (χ2n) is 11.2. The Labute approximate surface area is 197 Å². The van der Waals surface area contributed by atoms with Crippen molar-refractivity contribution in [3.8, 4) is 0 Å². The minimum absolute atomic E-state index is 0.734. The van der Waals surface area contributed by atoms with Crippen molar-refractivity contribution in [2.75, 3.05) is 0 Å². The molecule has 0 heterocycles. The molecule has 0 bridgehead atoms. The third-order valence-corrected chi connectivity index (χ3v) is 15.0. The van der Waals surface area contributed by atoms with Crippen molar-refractivity contribution in [2.24, 2.45) is 0 Å². The molecule has 0 aromatic rings. The second-order valence-corrected chi connectivity index (χ2v) is 27.5. The van der Waals surface area contributed by atoms with Crippen molar-refractivity contribution in [1.82, 2.24) is 0 Å². The highest BCUT2D eigenvalue weighted by atomic mass is 28.4. The van der Waals surface area contributed by atoms with Gasteiger partial charge in [0.25, 0.3) is 0 Å². The molecular formula is C24H60O2Si4. The van der Waals surface area contributed by atoms with Crippen LogP contribution < -0.4 is 0 Å². The molecule has 0 fully saturated rings. The molecule has 0 aromatic heterocycles. The highest BCUT2D eigenvalue weighted by Gasteiger charge is 2.28. The second kappa shape index (κ2) is 20.2. The zero-order valence-electron chi connectivity index (χ0n) is 23.2. The summed E-state index contributed by atoms with van der Waals surface area (Å²) >= 11 is 0. The Kier molecular flexibility index (Phi) is 23.6. The molecule has 0 aliphatic rings. The van der Waals surface area contributed by atoms with E-state index >= 15 is 0 Å². The van der Waals surface area contributed by atoms with Crippen LogP contribution in [0.25, 0.3) is 0 Å². The van der Waals surface area contributed by atoms with Crippen LogP contribution in [0.4, 0.5) is 0 Å². The number of hydrogen-bond acceptors (Lipinski definition) is 2. The molecule has 0 spiro atoms. The maximum atomic E-state index is 6.33. The number of hydrogen-bond donors (Lipinski definition) is 0. The normalized spacial score (nSPS) is 12.0. The van der Waals surface area contributed by atoms with Crippen molar-refractivity contribution < 1.29 is 8.23 Å². The van der Waals surface area contributed by atoms with Crippen LogP contribution in [-0.2, 0) is 8.23 Å². The van der Waals surface area contributed by atoms with Crippen LogP contribution in [-0.4, -0.2) is 34.0 Å². The third-order valence-electron chi connectivity index (χ3n) is 4.07. The van der Waals surface area contributed by atoms with Gasteiger partial charge >= 0.3 is 0 Å². The summed E-state index contributed by atoms with van der Waals surface area (Å²) in [4.78, 5) is 0. The Morgan fingerprint density at radius 3 is 1.47 bits per heavy atom. The average molecular weight is 493 g/mol. The van der Waals surface area contributed by atoms with E-state index in [9.17, 15) is 0 Å². The maximum Gasteiger partial charge on any atom is 0.173 e. The SMILES string of the molecule is C=CCCCC.CCCCCCCC[Si](C)(C)O[Si](C)(C)C.C[SiH](C)O[Si](C)(C)C. The summed E-state index contributed by atoms with van der Waals surface area (Å²) in [6.07, 6.45) is 14.1. The fraction of sp³-hybridized carbons (Fsp3) is 0.917. The molecule has 184 valence electrons. The van der Waals surface area contributed by atoms with E-state index in [0.29, 0.717) is 0 Å². The van der Waals surface area contributed by atoms with Gasteiger partial charge in [0.05, 0.1) is 0 Å². The molecule has 0 aliphatic heterocycles. The van der Waals surface area contributed by atoms with Gasteiger partial charge in [-0.3, -0.25) is 0 Å². The lowest BCUT2D eigenvalue weighted by Gasteiger charge is -2.31.